The van der Waals surface area contributed by atoms with Crippen molar-refractivity contribution in [2.45, 2.75) is 63.1 Å². The third-order valence-electron chi connectivity index (χ3n) is 6.21. The lowest BCUT2D eigenvalue weighted by molar-refractivity contribution is 0.163. The molecule has 0 spiro atoms. The van der Waals surface area contributed by atoms with Crippen molar-refractivity contribution in [2.24, 2.45) is 0 Å². The first kappa shape index (κ1) is 18.2. The lowest BCUT2D eigenvalue weighted by atomic mass is 9.72. The van der Waals surface area contributed by atoms with E-state index >= 15 is 0 Å². The van der Waals surface area contributed by atoms with E-state index in [1.807, 2.05) is 12.1 Å². The quantitative estimate of drug-likeness (QED) is 0.818. The second-order valence-corrected chi connectivity index (χ2v) is 7.74. The number of likely N-dealkylation sites (N-methyl/N-ethyl adjacent to an activating group) is 2. The molecule has 0 radical (unpaired) electrons. The molecule has 2 N–H and O–H groups in total. The molecular formula is C20H32ClN3. The summed E-state index contributed by atoms with van der Waals surface area (Å²) in [5.41, 5.74) is 1.21. The van der Waals surface area contributed by atoms with Gasteiger partial charge in [-0.3, -0.25) is 4.90 Å². The second-order valence-electron chi connectivity index (χ2n) is 7.33. The predicted octanol–water partition coefficient (Wildman–Crippen LogP) is 3.77. The Bertz CT molecular complexity index is 535. The van der Waals surface area contributed by atoms with Crippen LogP contribution < -0.4 is 10.6 Å². The Morgan fingerprint density at radius 3 is 2.79 bits per heavy atom. The van der Waals surface area contributed by atoms with E-state index in [0.29, 0.717) is 12.1 Å². The summed E-state index contributed by atoms with van der Waals surface area (Å²) >= 11 is 6.59. The highest BCUT2D eigenvalue weighted by Crippen LogP contribution is 2.40. The van der Waals surface area contributed by atoms with Gasteiger partial charge in [0.15, 0.2) is 0 Å². The van der Waals surface area contributed by atoms with E-state index in [-0.39, 0.29) is 5.54 Å². The lowest BCUT2D eigenvalue weighted by Crippen LogP contribution is -2.59. The minimum Gasteiger partial charge on any atom is -0.310 e. The molecule has 0 aromatic heterocycles. The van der Waals surface area contributed by atoms with Crippen molar-refractivity contribution in [3.8, 4) is 0 Å². The largest absolute Gasteiger partial charge is 0.310 e. The minimum absolute atomic E-state index is 0.0494. The van der Waals surface area contributed by atoms with Crippen LogP contribution in [0.25, 0.3) is 0 Å². The number of nitrogens with one attached hydrogen (secondary N) is 2. The lowest BCUT2D eigenvalue weighted by Gasteiger charge is -2.46. The molecule has 1 aromatic rings. The Kier molecular flexibility index (Phi) is 6.20. The average Bonchev–Trinajstić information content (AvgIpc) is 3.08. The first-order valence-corrected chi connectivity index (χ1v) is 10.0. The second kappa shape index (κ2) is 8.18. The SMILES string of the molecule is CCN1CCCC1CN[C@H]1CCCC[C@@]1(NC)c1ccccc1Cl. The van der Waals surface area contributed by atoms with Crippen LogP contribution in [0.3, 0.4) is 0 Å². The Morgan fingerprint density at radius 1 is 1.21 bits per heavy atom. The van der Waals surface area contributed by atoms with Gasteiger partial charge in [-0.1, -0.05) is 49.6 Å². The number of likely N-dealkylation sites (tertiary alicyclic amines) is 1. The Morgan fingerprint density at radius 2 is 2.04 bits per heavy atom. The normalized spacial score (nSPS) is 31.5. The zero-order valence-electron chi connectivity index (χ0n) is 15.2. The fourth-order valence-corrected chi connectivity index (χ4v) is 5.15. The molecule has 4 heteroatoms. The Labute approximate surface area is 152 Å². The molecule has 1 aliphatic heterocycles. The number of rotatable bonds is 6. The Hall–Kier alpha value is -0.610. The molecule has 1 heterocycles. The van der Waals surface area contributed by atoms with Gasteiger partial charge < -0.3 is 10.6 Å². The van der Waals surface area contributed by atoms with Gasteiger partial charge in [-0.2, -0.15) is 0 Å². The number of hydrogen-bond acceptors (Lipinski definition) is 3. The minimum atomic E-state index is -0.0494. The van der Waals surface area contributed by atoms with Gasteiger partial charge in [-0.15, -0.1) is 0 Å². The van der Waals surface area contributed by atoms with E-state index in [2.05, 4.69) is 41.6 Å². The van der Waals surface area contributed by atoms with Crippen LogP contribution in [-0.4, -0.2) is 43.7 Å². The van der Waals surface area contributed by atoms with Crippen LogP contribution in [0.1, 0.15) is 51.0 Å². The summed E-state index contributed by atoms with van der Waals surface area (Å²) < 4.78 is 0. The molecule has 0 amide bonds. The molecule has 1 saturated heterocycles. The molecule has 134 valence electrons. The highest BCUT2D eigenvalue weighted by Gasteiger charge is 2.42. The first-order chi connectivity index (χ1) is 11.7. The van der Waals surface area contributed by atoms with Gasteiger partial charge in [-0.25, -0.2) is 0 Å². The van der Waals surface area contributed by atoms with Gasteiger partial charge in [-0.05, 0) is 57.5 Å². The number of hydrogen-bond donors (Lipinski definition) is 2. The summed E-state index contributed by atoms with van der Waals surface area (Å²) in [5.74, 6) is 0. The topological polar surface area (TPSA) is 27.3 Å². The number of halogens is 1. The first-order valence-electron chi connectivity index (χ1n) is 9.62. The van der Waals surface area contributed by atoms with Gasteiger partial charge >= 0.3 is 0 Å². The molecular weight excluding hydrogens is 318 g/mol. The smallest absolute Gasteiger partial charge is 0.0602 e. The summed E-state index contributed by atoms with van der Waals surface area (Å²) in [5, 5.41) is 8.48. The maximum atomic E-state index is 6.59. The molecule has 3 atom stereocenters. The third-order valence-corrected chi connectivity index (χ3v) is 6.54. The van der Waals surface area contributed by atoms with Crippen LogP contribution in [0.15, 0.2) is 24.3 Å². The maximum Gasteiger partial charge on any atom is 0.0602 e. The van der Waals surface area contributed by atoms with Gasteiger partial charge in [0.2, 0.25) is 0 Å². The monoisotopic (exact) mass is 349 g/mol. The van der Waals surface area contributed by atoms with Crippen molar-refractivity contribution >= 4 is 11.6 Å². The van der Waals surface area contributed by atoms with Crippen LogP contribution in [0.4, 0.5) is 0 Å². The van der Waals surface area contributed by atoms with Gasteiger partial charge in [0, 0.05) is 23.7 Å². The molecule has 24 heavy (non-hydrogen) atoms. The van der Waals surface area contributed by atoms with Crippen LogP contribution in [0, 0.1) is 0 Å². The summed E-state index contributed by atoms with van der Waals surface area (Å²) in [6, 6.07) is 9.50. The highest BCUT2D eigenvalue weighted by atomic mass is 35.5. The molecule has 2 fully saturated rings. The fraction of sp³-hybridized carbons (Fsp3) is 0.700. The van der Waals surface area contributed by atoms with Crippen molar-refractivity contribution in [1.82, 2.24) is 15.5 Å². The summed E-state index contributed by atoms with van der Waals surface area (Å²) in [7, 11) is 2.09. The van der Waals surface area contributed by atoms with Crippen molar-refractivity contribution < 1.29 is 0 Å². The summed E-state index contributed by atoms with van der Waals surface area (Å²) in [6.07, 6.45) is 7.58. The van der Waals surface area contributed by atoms with Gasteiger partial charge in [0.1, 0.15) is 0 Å². The summed E-state index contributed by atoms with van der Waals surface area (Å²) in [6.45, 7) is 5.79. The number of benzene rings is 1. The molecule has 1 unspecified atom stereocenters. The molecule has 2 aliphatic rings. The van der Waals surface area contributed by atoms with Crippen LogP contribution >= 0.6 is 11.6 Å². The predicted molar refractivity (Wildman–Crippen MR) is 103 cm³/mol. The van der Waals surface area contributed by atoms with Gasteiger partial charge in [0.25, 0.3) is 0 Å². The molecule has 3 nitrogen and oxygen atoms in total. The Balaban J connectivity index is 1.78. The summed E-state index contributed by atoms with van der Waals surface area (Å²) in [4.78, 5) is 2.62. The van der Waals surface area contributed by atoms with E-state index in [1.54, 1.807) is 0 Å². The molecule has 3 rings (SSSR count). The van der Waals surface area contributed by atoms with Gasteiger partial charge in [0.05, 0.1) is 5.54 Å². The van der Waals surface area contributed by atoms with Crippen molar-refractivity contribution in [1.29, 1.82) is 0 Å². The standard InChI is InChI=1S/C20H32ClN3/c1-3-24-14-8-9-16(24)15-23-19-12-6-7-13-20(19,22-2)17-10-4-5-11-18(17)21/h4-5,10-11,16,19,22-23H,3,6-9,12-15H2,1-2H3/t16?,19-,20+/m0/s1. The van der Waals surface area contributed by atoms with E-state index in [9.17, 15) is 0 Å². The number of nitrogens with zero attached hydrogens (tertiary/aromatic N) is 1. The van der Waals surface area contributed by atoms with Crippen molar-refractivity contribution in [3.63, 3.8) is 0 Å². The van der Waals surface area contributed by atoms with E-state index in [1.165, 1.54) is 50.8 Å². The third kappa shape index (κ3) is 3.50. The average molecular weight is 350 g/mol. The van der Waals surface area contributed by atoms with E-state index < -0.39 is 0 Å². The zero-order chi connectivity index (χ0) is 17.0. The van der Waals surface area contributed by atoms with Crippen molar-refractivity contribution in [3.05, 3.63) is 34.9 Å². The molecule has 1 saturated carbocycles. The van der Waals surface area contributed by atoms with E-state index in [4.69, 9.17) is 11.6 Å². The maximum absolute atomic E-state index is 6.59. The van der Waals surface area contributed by atoms with Crippen LogP contribution in [0.5, 0.6) is 0 Å². The zero-order valence-corrected chi connectivity index (χ0v) is 15.9. The molecule has 1 aromatic carbocycles. The van der Waals surface area contributed by atoms with Crippen LogP contribution in [-0.2, 0) is 5.54 Å². The molecule has 0 bridgehead atoms. The van der Waals surface area contributed by atoms with Crippen molar-refractivity contribution in [2.75, 3.05) is 26.7 Å². The molecule has 1 aliphatic carbocycles. The fourth-order valence-electron chi connectivity index (χ4n) is 4.85. The van der Waals surface area contributed by atoms with Crippen LogP contribution in [0.2, 0.25) is 5.02 Å². The highest BCUT2D eigenvalue weighted by molar-refractivity contribution is 6.31. The van der Waals surface area contributed by atoms with E-state index in [0.717, 1.165) is 18.0 Å².